The molecule has 0 saturated carbocycles. The van der Waals surface area contributed by atoms with Crippen molar-refractivity contribution >= 4 is 11.3 Å². The van der Waals surface area contributed by atoms with Crippen LogP contribution in [-0.2, 0) is 0 Å². The summed E-state index contributed by atoms with van der Waals surface area (Å²) in [6, 6.07) is 0.972. The second-order valence-electron chi connectivity index (χ2n) is 4.34. The fraction of sp³-hybridized carbons (Fsp3) is 0.750. The van der Waals surface area contributed by atoms with E-state index in [-0.39, 0.29) is 0 Å². The van der Waals surface area contributed by atoms with Crippen LogP contribution in [0.1, 0.15) is 56.8 Å². The molecule has 0 saturated heterocycles. The number of aryl methyl sites for hydroxylation is 1. The minimum absolute atomic E-state index is 0.448. The summed E-state index contributed by atoms with van der Waals surface area (Å²) in [4.78, 5) is 4.57. The molecule has 1 atom stereocenters. The molecular formula is C12H22N2S. The number of unbranched alkanes of at least 4 members (excludes halogenated alkanes) is 1. The van der Waals surface area contributed by atoms with Crippen LogP contribution in [0.5, 0.6) is 0 Å². The Labute approximate surface area is 97.1 Å². The molecule has 0 aromatic carbocycles. The van der Waals surface area contributed by atoms with Crippen LogP contribution in [0.2, 0.25) is 0 Å². The van der Waals surface area contributed by atoms with E-state index in [0.717, 1.165) is 5.69 Å². The fourth-order valence-corrected chi connectivity index (χ4v) is 2.51. The monoisotopic (exact) mass is 226 g/mol. The Bertz CT molecular complexity index is 281. The predicted molar refractivity (Wildman–Crippen MR) is 67.4 cm³/mol. The van der Waals surface area contributed by atoms with Gasteiger partial charge in [-0.05, 0) is 13.3 Å². The lowest BCUT2D eigenvalue weighted by Gasteiger charge is -2.18. The Kier molecular flexibility index (Phi) is 5.26. The zero-order valence-electron chi connectivity index (χ0n) is 10.2. The highest BCUT2D eigenvalue weighted by molar-refractivity contribution is 7.09. The number of nitrogens with zero attached hydrogens (tertiary/aromatic N) is 1. The summed E-state index contributed by atoms with van der Waals surface area (Å²) < 4.78 is 0. The highest BCUT2D eigenvalue weighted by Crippen LogP contribution is 2.23. The Morgan fingerprint density at radius 3 is 2.67 bits per heavy atom. The topological polar surface area (TPSA) is 24.9 Å². The van der Waals surface area contributed by atoms with E-state index in [4.69, 9.17) is 0 Å². The summed E-state index contributed by atoms with van der Waals surface area (Å²) in [6.45, 7) is 8.69. The molecule has 3 heteroatoms. The molecule has 86 valence electrons. The first-order valence-corrected chi connectivity index (χ1v) is 6.69. The molecule has 1 aromatic rings. The van der Waals surface area contributed by atoms with Crippen molar-refractivity contribution < 1.29 is 0 Å². The summed E-state index contributed by atoms with van der Waals surface area (Å²) in [6.07, 6.45) is 3.71. The fourth-order valence-electron chi connectivity index (χ4n) is 1.62. The van der Waals surface area contributed by atoms with Crippen molar-refractivity contribution in [3.05, 3.63) is 16.1 Å². The van der Waals surface area contributed by atoms with E-state index >= 15 is 0 Å². The van der Waals surface area contributed by atoms with Crippen LogP contribution >= 0.6 is 11.3 Å². The van der Waals surface area contributed by atoms with Gasteiger partial charge in [-0.2, -0.15) is 0 Å². The van der Waals surface area contributed by atoms with Gasteiger partial charge in [-0.15, -0.1) is 11.3 Å². The van der Waals surface area contributed by atoms with Crippen molar-refractivity contribution in [2.75, 3.05) is 0 Å². The molecule has 2 nitrogen and oxygen atoms in total. The van der Waals surface area contributed by atoms with Crippen LogP contribution in [0.4, 0.5) is 0 Å². The zero-order chi connectivity index (χ0) is 11.3. The van der Waals surface area contributed by atoms with E-state index in [9.17, 15) is 0 Å². The van der Waals surface area contributed by atoms with Crippen LogP contribution in [0.25, 0.3) is 0 Å². The van der Waals surface area contributed by atoms with E-state index in [2.05, 4.69) is 43.4 Å². The molecule has 0 aliphatic carbocycles. The molecular weight excluding hydrogens is 204 g/mol. The summed E-state index contributed by atoms with van der Waals surface area (Å²) in [5.74, 6) is 0. The molecule has 0 fully saturated rings. The lowest BCUT2D eigenvalue weighted by atomic mass is 10.1. The highest BCUT2D eigenvalue weighted by atomic mass is 32.1. The summed E-state index contributed by atoms with van der Waals surface area (Å²) in [7, 11) is 0. The van der Waals surface area contributed by atoms with Gasteiger partial charge >= 0.3 is 0 Å². The number of thiazole rings is 1. The van der Waals surface area contributed by atoms with Crippen LogP contribution in [0.3, 0.4) is 0 Å². The third kappa shape index (κ3) is 4.31. The van der Waals surface area contributed by atoms with Crippen molar-refractivity contribution in [3.8, 4) is 0 Å². The minimum Gasteiger partial charge on any atom is -0.306 e. The smallest absolute Gasteiger partial charge is 0.110 e. The molecule has 15 heavy (non-hydrogen) atoms. The third-order valence-corrected chi connectivity index (χ3v) is 3.39. The van der Waals surface area contributed by atoms with Gasteiger partial charge in [0, 0.05) is 17.1 Å². The van der Waals surface area contributed by atoms with Crippen LogP contribution in [0.15, 0.2) is 5.38 Å². The van der Waals surface area contributed by atoms with E-state index in [0.29, 0.717) is 12.1 Å². The number of hydrogen-bond acceptors (Lipinski definition) is 3. The Hall–Kier alpha value is -0.410. The number of nitrogens with one attached hydrogen (secondary N) is 1. The summed E-state index contributed by atoms with van der Waals surface area (Å²) in [5.41, 5.74) is 1.14. The van der Waals surface area contributed by atoms with Crippen molar-refractivity contribution in [3.63, 3.8) is 0 Å². The molecule has 0 aliphatic heterocycles. The quantitative estimate of drug-likeness (QED) is 0.800. The molecule has 0 radical (unpaired) electrons. The average molecular weight is 226 g/mol. The van der Waals surface area contributed by atoms with Crippen LogP contribution in [0, 0.1) is 6.92 Å². The predicted octanol–water partition coefficient (Wildman–Crippen LogP) is 3.68. The molecule has 0 bridgehead atoms. The van der Waals surface area contributed by atoms with Gasteiger partial charge < -0.3 is 5.32 Å². The molecule has 1 rings (SSSR count). The number of rotatable bonds is 6. The SMILES string of the molecule is CCCCC(NC(C)C)c1nc(C)cs1. The van der Waals surface area contributed by atoms with E-state index in [1.54, 1.807) is 11.3 Å². The first-order valence-electron chi connectivity index (χ1n) is 5.81. The van der Waals surface area contributed by atoms with Crippen LogP contribution < -0.4 is 5.32 Å². The minimum atomic E-state index is 0.448. The second kappa shape index (κ2) is 6.23. The molecule has 0 amide bonds. The molecule has 0 spiro atoms. The second-order valence-corrected chi connectivity index (χ2v) is 5.23. The summed E-state index contributed by atoms with van der Waals surface area (Å²) in [5, 5.41) is 6.97. The van der Waals surface area contributed by atoms with Crippen molar-refractivity contribution in [1.29, 1.82) is 0 Å². The van der Waals surface area contributed by atoms with Crippen molar-refractivity contribution in [2.24, 2.45) is 0 Å². The normalized spacial score (nSPS) is 13.4. The first kappa shape index (κ1) is 12.7. The van der Waals surface area contributed by atoms with Crippen molar-refractivity contribution in [2.45, 2.75) is 59.0 Å². The van der Waals surface area contributed by atoms with Gasteiger partial charge in [-0.3, -0.25) is 0 Å². The number of hydrogen-bond donors (Lipinski definition) is 1. The van der Waals surface area contributed by atoms with Gasteiger partial charge in [0.1, 0.15) is 5.01 Å². The standard InChI is InChI=1S/C12H22N2S/c1-5-6-7-11(13-9(2)3)12-14-10(4)8-15-12/h8-9,11,13H,5-7H2,1-4H3. The zero-order valence-corrected chi connectivity index (χ0v) is 11.0. The maximum Gasteiger partial charge on any atom is 0.110 e. The molecule has 1 N–H and O–H groups in total. The largest absolute Gasteiger partial charge is 0.306 e. The van der Waals surface area contributed by atoms with Crippen molar-refractivity contribution in [1.82, 2.24) is 10.3 Å². The van der Waals surface area contributed by atoms with Gasteiger partial charge in [0.25, 0.3) is 0 Å². The van der Waals surface area contributed by atoms with E-state index < -0.39 is 0 Å². The highest BCUT2D eigenvalue weighted by Gasteiger charge is 2.14. The average Bonchev–Trinajstić information content (AvgIpc) is 2.58. The molecule has 1 heterocycles. The third-order valence-electron chi connectivity index (χ3n) is 2.32. The Morgan fingerprint density at radius 2 is 2.20 bits per heavy atom. The van der Waals surface area contributed by atoms with Gasteiger partial charge in [-0.1, -0.05) is 33.6 Å². The number of aromatic nitrogens is 1. The Balaban J connectivity index is 2.62. The van der Waals surface area contributed by atoms with E-state index in [1.807, 2.05) is 0 Å². The first-order chi connectivity index (χ1) is 7.13. The molecule has 1 aromatic heterocycles. The van der Waals surface area contributed by atoms with Gasteiger partial charge in [0.2, 0.25) is 0 Å². The van der Waals surface area contributed by atoms with Crippen LogP contribution in [-0.4, -0.2) is 11.0 Å². The van der Waals surface area contributed by atoms with Gasteiger partial charge in [-0.25, -0.2) is 4.98 Å². The Morgan fingerprint density at radius 1 is 1.47 bits per heavy atom. The molecule has 1 unspecified atom stereocenters. The lowest BCUT2D eigenvalue weighted by molar-refractivity contribution is 0.438. The van der Waals surface area contributed by atoms with Gasteiger partial charge in [0.15, 0.2) is 0 Å². The maximum atomic E-state index is 4.57. The summed E-state index contributed by atoms with van der Waals surface area (Å²) >= 11 is 1.78. The lowest BCUT2D eigenvalue weighted by Crippen LogP contribution is -2.28. The maximum absolute atomic E-state index is 4.57. The van der Waals surface area contributed by atoms with E-state index in [1.165, 1.54) is 24.3 Å². The van der Waals surface area contributed by atoms with Gasteiger partial charge in [0.05, 0.1) is 6.04 Å². The molecule has 0 aliphatic rings.